The highest BCUT2D eigenvalue weighted by Gasteiger charge is 2.28. The molecule has 0 radical (unpaired) electrons. The molecule has 0 bridgehead atoms. The minimum absolute atomic E-state index is 0.640. The third kappa shape index (κ3) is 4.46. The maximum atomic E-state index is 5.28. The molecule has 0 atom stereocenters. The van der Waals surface area contributed by atoms with E-state index in [2.05, 4.69) is 179 Å². The zero-order chi connectivity index (χ0) is 33.0. The average Bonchev–Trinajstić information content (AvgIpc) is 3.46. The van der Waals surface area contributed by atoms with Crippen LogP contribution in [0.3, 0.4) is 0 Å². The fraction of sp³-hybridized carbons (Fsp3) is 0. The summed E-state index contributed by atoms with van der Waals surface area (Å²) < 4.78 is 2.25. The van der Waals surface area contributed by atoms with E-state index in [-0.39, 0.29) is 0 Å². The monoisotopic (exact) mass is 638 g/mol. The molecule has 10 rings (SSSR count). The summed E-state index contributed by atoms with van der Waals surface area (Å²) in [6, 6.07) is 64.4. The number of para-hydroxylation sites is 3. The third-order valence-electron chi connectivity index (χ3n) is 9.75. The molecule has 0 aliphatic carbocycles. The van der Waals surface area contributed by atoms with Crippen LogP contribution in [0.2, 0.25) is 0 Å². The Kier molecular flexibility index (Phi) is 6.46. The number of hydrogen-bond donors (Lipinski definition) is 0. The molecule has 0 spiro atoms. The SMILES string of the molecule is c1ccc(-c2cc(-c3ccccc3)nc(-n3c4ccccc4c4cc5c(cc43)-c3ccccc3-c3ccccc3N5c3ccccc3)n2)cc1. The summed E-state index contributed by atoms with van der Waals surface area (Å²) in [5.74, 6) is 0.640. The van der Waals surface area contributed by atoms with E-state index in [1.54, 1.807) is 0 Å². The van der Waals surface area contributed by atoms with Crippen molar-refractivity contribution in [1.29, 1.82) is 0 Å². The Balaban J connectivity index is 1.32. The maximum absolute atomic E-state index is 5.28. The molecule has 7 aromatic carbocycles. The summed E-state index contributed by atoms with van der Waals surface area (Å²) in [6.07, 6.45) is 0. The summed E-state index contributed by atoms with van der Waals surface area (Å²) in [7, 11) is 0. The zero-order valence-electron chi connectivity index (χ0n) is 27.1. The largest absolute Gasteiger partial charge is 0.309 e. The molecule has 0 saturated carbocycles. The summed E-state index contributed by atoms with van der Waals surface area (Å²) in [5.41, 5.74) is 14.1. The highest BCUT2D eigenvalue weighted by Crippen LogP contribution is 2.52. The van der Waals surface area contributed by atoms with Gasteiger partial charge in [-0.3, -0.25) is 4.57 Å². The lowest BCUT2D eigenvalue weighted by Crippen LogP contribution is -2.11. The molecule has 0 unspecified atom stereocenters. The second kappa shape index (κ2) is 11.4. The highest BCUT2D eigenvalue weighted by atomic mass is 15.2. The second-order valence-corrected chi connectivity index (χ2v) is 12.6. The summed E-state index contributed by atoms with van der Waals surface area (Å²) in [6.45, 7) is 0. The first-order chi connectivity index (χ1) is 24.8. The van der Waals surface area contributed by atoms with Crippen molar-refractivity contribution in [2.45, 2.75) is 0 Å². The van der Waals surface area contributed by atoms with Crippen molar-refractivity contribution in [3.05, 3.63) is 182 Å². The molecule has 4 nitrogen and oxygen atoms in total. The van der Waals surface area contributed by atoms with Gasteiger partial charge in [-0.25, -0.2) is 9.97 Å². The van der Waals surface area contributed by atoms with Gasteiger partial charge in [-0.1, -0.05) is 140 Å². The Hall–Kier alpha value is -6.78. The van der Waals surface area contributed by atoms with Gasteiger partial charge in [-0.05, 0) is 53.6 Å². The Morgan fingerprint density at radius 1 is 0.360 bits per heavy atom. The molecule has 0 fully saturated rings. The van der Waals surface area contributed by atoms with Gasteiger partial charge in [0.2, 0.25) is 5.95 Å². The lowest BCUT2D eigenvalue weighted by atomic mass is 9.94. The molecule has 4 heteroatoms. The Morgan fingerprint density at radius 3 is 1.58 bits per heavy atom. The molecule has 0 N–H and O–H groups in total. The van der Waals surface area contributed by atoms with Gasteiger partial charge >= 0.3 is 0 Å². The van der Waals surface area contributed by atoms with E-state index < -0.39 is 0 Å². The standard InChI is InChI=1S/C46H30N4/c1-4-16-31(17-5-1)40-30-41(32-18-6-2-7-19-32)48-46(47-40)50-43-27-15-13-25-37(43)39-29-44-38(28-45(39)50)35-23-11-10-22-34(35)36-24-12-14-26-42(36)49(44)33-20-8-3-9-21-33/h1-30H. The van der Waals surface area contributed by atoms with Gasteiger partial charge in [0.1, 0.15) is 0 Å². The van der Waals surface area contributed by atoms with Gasteiger partial charge in [0, 0.05) is 38.7 Å². The van der Waals surface area contributed by atoms with E-state index >= 15 is 0 Å². The van der Waals surface area contributed by atoms with Crippen LogP contribution >= 0.6 is 0 Å². The molecule has 1 aliphatic rings. The van der Waals surface area contributed by atoms with E-state index in [1.165, 1.54) is 16.7 Å². The maximum Gasteiger partial charge on any atom is 0.235 e. The Bertz CT molecular complexity index is 2640. The normalized spacial score (nSPS) is 12.0. The van der Waals surface area contributed by atoms with Gasteiger partial charge in [-0.15, -0.1) is 0 Å². The summed E-state index contributed by atoms with van der Waals surface area (Å²) in [5, 5.41) is 2.30. The summed E-state index contributed by atoms with van der Waals surface area (Å²) >= 11 is 0. The summed E-state index contributed by atoms with van der Waals surface area (Å²) in [4.78, 5) is 13.0. The van der Waals surface area contributed by atoms with Gasteiger partial charge in [0.15, 0.2) is 0 Å². The van der Waals surface area contributed by atoms with Crippen molar-refractivity contribution in [2.75, 3.05) is 4.90 Å². The molecule has 0 amide bonds. The lowest BCUT2D eigenvalue weighted by molar-refractivity contribution is 0.995. The number of hydrogen-bond acceptors (Lipinski definition) is 3. The van der Waals surface area contributed by atoms with Crippen LogP contribution < -0.4 is 4.90 Å². The van der Waals surface area contributed by atoms with Crippen molar-refractivity contribution in [3.63, 3.8) is 0 Å². The number of anilines is 3. The number of benzene rings is 7. The first-order valence-electron chi connectivity index (χ1n) is 16.9. The van der Waals surface area contributed by atoms with Gasteiger partial charge in [0.25, 0.3) is 0 Å². The van der Waals surface area contributed by atoms with Gasteiger partial charge in [-0.2, -0.15) is 0 Å². The molecule has 3 heterocycles. The third-order valence-corrected chi connectivity index (χ3v) is 9.75. The number of aromatic nitrogens is 3. The van der Waals surface area contributed by atoms with Crippen LogP contribution in [-0.2, 0) is 0 Å². The molecule has 50 heavy (non-hydrogen) atoms. The molecule has 1 aliphatic heterocycles. The van der Waals surface area contributed by atoms with Crippen LogP contribution in [0.4, 0.5) is 17.1 Å². The van der Waals surface area contributed by atoms with Crippen LogP contribution in [0.1, 0.15) is 0 Å². The first kappa shape index (κ1) is 28.3. The van der Waals surface area contributed by atoms with Crippen LogP contribution in [0, 0.1) is 0 Å². The van der Waals surface area contributed by atoms with Crippen molar-refractivity contribution >= 4 is 38.9 Å². The molecular weight excluding hydrogens is 609 g/mol. The van der Waals surface area contributed by atoms with E-state index in [0.717, 1.165) is 66.9 Å². The molecule has 2 aromatic heterocycles. The van der Waals surface area contributed by atoms with E-state index in [9.17, 15) is 0 Å². The van der Waals surface area contributed by atoms with Crippen molar-refractivity contribution < 1.29 is 0 Å². The number of rotatable bonds is 4. The fourth-order valence-corrected chi connectivity index (χ4v) is 7.50. The van der Waals surface area contributed by atoms with Crippen molar-refractivity contribution in [1.82, 2.24) is 14.5 Å². The first-order valence-corrected chi connectivity index (χ1v) is 16.9. The fourth-order valence-electron chi connectivity index (χ4n) is 7.50. The topological polar surface area (TPSA) is 34.0 Å². The van der Waals surface area contributed by atoms with Crippen LogP contribution in [0.15, 0.2) is 182 Å². The van der Waals surface area contributed by atoms with Crippen LogP contribution in [0.5, 0.6) is 0 Å². The molecule has 9 aromatic rings. The zero-order valence-corrected chi connectivity index (χ0v) is 27.1. The van der Waals surface area contributed by atoms with E-state index in [4.69, 9.17) is 9.97 Å². The minimum atomic E-state index is 0.640. The van der Waals surface area contributed by atoms with Crippen molar-refractivity contribution in [2.24, 2.45) is 0 Å². The van der Waals surface area contributed by atoms with Crippen molar-refractivity contribution in [3.8, 4) is 50.7 Å². The molecular formula is C46H30N4. The minimum Gasteiger partial charge on any atom is -0.309 e. The number of fused-ring (bicyclic) bond motifs is 8. The molecule has 0 saturated heterocycles. The van der Waals surface area contributed by atoms with Crippen LogP contribution in [-0.4, -0.2) is 14.5 Å². The number of nitrogens with zero attached hydrogens (tertiary/aromatic N) is 4. The van der Waals surface area contributed by atoms with E-state index in [1.807, 2.05) is 12.1 Å². The Morgan fingerprint density at radius 2 is 0.900 bits per heavy atom. The quantitative estimate of drug-likeness (QED) is 0.192. The molecule has 234 valence electrons. The lowest BCUT2D eigenvalue weighted by Gasteiger charge is -2.27. The Labute approximate surface area is 290 Å². The highest BCUT2D eigenvalue weighted by molar-refractivity contribution is 6.14. The average molecular weight is 639 g/mol. The predicted octanol–water partition coefficient (Wildman–Crippen LogP) is 12.0. The van der Waals surface area contributed by atoms with E-state index in [0.29, 0.717) is 5.95 Å². The van der Waals surface area contributed by atoms with Gasteiger partial charge < -0.3 is 4.90 Å². The smallest absolute Gasteiger partial charge is 0.235 e. The second-order valence-electron chi connectivity index (χ2n) is 12.6. The predicted molar refractivity (Wildman–Crippen MR) is 206 cm³/mol. The van der Waals surface area contributed by atoms with Gasteiger partial charge in [0.05, 0.1) is 33.8 Å². The van der Waals surface area contributed by atoms with Crippen LogP contribution in [0.25, 0.3) is 72.5 Å².